The third-order valence-electron chi connectivity index (χ3n) is 2.50. The Hall–Kier alpha value is -1.42. The number of aromatic nitrogens is 3. The normalized spacial score (nSPS) is 11.3. The number of halogens is 1. The first kappa shape index (κ1) is 8.85. The van der Waals surface area contributed by atoms with Crippen molar-refractivity contribution < 1.29 is 0 Å². The van der Waals surface area contributed by atoms with E-state index in [0.29, 0.717) is 0 Å². The van der Waals surface area contributed by atoms with Crippen molar-refractivity contribution in [1.29, 1.82) is 0 Å². The first-order valence-corrected chi connectivity index (χ1v) is 5.44. The lowest BCUT2D eigenvalue weighted by Gasteiger charge is -2.01. The van der Waals surface area contributed by atoms with Gasteiger partial charge in [-0.25, -0.2) is 4.98 Å². The van der Waals surface area contributed by atoms with E-state index >= 15 is 0 Å². The van der Waals surface area contributed by atoms with Gasteiger partial charge in [0.15, 0.2) is 0 Å². The van der Waals surface area contributed by atoms with Crippen molar-refractivity contribution in [3.05, 3.63) is 34.7 Å². The van der Waals surface area contributed by atoms with Crippen LogP contribution in [0.25, 0.3) is 21.9 Å². The fourth-order valence-corrected chi connectivity index (χ4v) is 2.17. The van der Waals surface area contributed by atoms with Gasteiger partial charge in [-0.05, 0) is 25.1 Å². The van der Waals surface area contributed by atoms with Gasteiger partial charge in [0.25, 0.3) is 0 Å². The third kappa shape index (κ3) is 1.25. The van der Waals surface area contributed by atoms with Crippen molar-refractivity contribution in [3.63, 3.8) is 0 Å². The molecule has 0 unspecified atom stereocenters. The SMILES string of the molecule is Cc1nc2ccc(Br)cc2c2nc[nH]c12. The molecule has 2 aromatic heterocycles. The molecule has 3 rings (SSSR count). The number of rotatable bonds is 0. The quantitative estimate of drug-likeness (QED) is 0.676. The van der Waals surface area contributed by atoms with Crippen LogP contribution in [0, 0.1) is 6.92 Å². The predicted octanol–water partition coefficient (Wildman–Crippen LogP) is 3.18. The zero-order chi connectivity index (χ0) is 10.4. The lowest BCUT2D eigenvalue weighted by Crippen LogP contribution is -1.87. The highest BCUT2D eigenvalue weighted by Gasteiger charge is 2.07. The van der Waals surface area contributed by atoms with E-state index in [0.717, 1.165) is 32.1 Å². The summed E-state index contributed by atoms with van der Waals surface area (Å²) in [7, 11) is 0. The third-order valence-corrected chi connectivity index (χ3v) is 3.00. The zero-order valence-electron chi connectivity index (χ0n) is 8.08. The van der Waals surface area contributed by atoms with Crippen LogP contribution in [0.1, 0.15) is 5.69 Å². The summed E-state index contributed by atoms with van der Waals surface area (Å²) in [6.07, 6.45) is 1.71. The molecule has 1 aromatic carbocycles. The van der Waals surface area contributed by atoms with E-state index < -0.39 is 0 Å². The minimum Gasteiger partial charge on any atom is -0.343 e. The Morgan fingerprint density at radius 1 is 1.33 bits per heavy atom. The van der Waals surface area contributed by atoms with E-state index in [9.17, 15) is 0 Å². The summed E-state index contributed by atoms with van der Waals surface area (Å²) in [5.41, 5.74) is 3.96. The van der Waals surface area contributed by atoms with Crippen LogP contribution in [-0.2, 0) is 0 Å². The average molecular weight is 262 g/mol. The molecule has 4 heteroatoms. The fourth-order valence-electron chi connectivity index (χ4n) is 1.81. The molecule has 2 heterocycles. The molecule has 3 nitrogen and oxygen atoms in total. The van der Waals surface area contributed by atoms with Crippen molar-refractivity contribution in [1.82, 2.24) is 15.0 Å². The van der Waals surface area contributed by atoms with Crippen LogP contribution < -0.4 is 0 Å². The monoisotopic (exact) mass is 261 g/mol. The van der Waals surface area contributed by atoms with Crippen LogP contribution in [0.3, 0.4) is 0 Å². The summed E-state index contributed by atoms with van der Waals surface area (Å²) in [4.78, 5) is 12.0. The van der Waals surface area contributed by atoms with E-state index in [1.807, 2.05) is 25.1 Å². The van der Waals surface area contributed by atoms with Gasteiger partial charge in [-0.15, -0.1) is 0 Å². The second kappa shape index (κ2) is 3.03. The lowest BCUT2D eigenvalue weighted by atomic mass is 10.1. The topological polar surface area (TPSA) is 41.6 Å². The second-order valence-corrected chi connectivity index (χ2v) is 4.40. The maximum atomic E-state index is 4.53. The molecule has 0 bridgehead atoms. The van der Waals surface area contributed by atoms with E-state index in [2.05, 4.69) is 30.9 Å². The highest BCUT2D eigenvalue weighted by molar-refractivity contribution is 9.10. The summed E-state index contributed by atoms with van der Waals surface area (Å²) in [6, 6.07) is 6.04. The largest absolute Gasteiger partial charge is 0.343 e. The molecule has 0 saturated heterocycles. The Morgan fingerprint density at radius 3 is 3.07 bits per heavy atom. The molecule has 3 aromatic rings. The summed E-state index contributed by atoms with van der Waals surface area (Å²) in [6.45, 7) is 1.99. The Labute approximate surface area is 94.7 Å². The summed E-state index contributed by atoms with van der Waals surface area (Å²) < 4.78 is 1.05. The van der Waals surface area contributed by atoms with Gasteiger partial charge < -0.3 is 4.98 Å². The Balaban J connectivity index is 2.61. The van der Waals surface area contributed by atoms with Crippen molar-refractivity contribution in [3.8, 4) is 0 Å². The highest BCUT2D eigenvalue weighted by atomic mass is 79.9. The molecule has 0 radical (unpaired) electrons. The van der Waals surface area contributed by atoms with Gasteiger partial charge in [-0.1, -0.05) is 15.9 Å². The summed E-state index contributed by atoms with van der Waals surface area (Å²) >= 11 is 3.46. The molecule has 0 aliphatic heterocycles. The number of benzene rings is 1. The van der Waals surface area contributed by atoms with Gasteiger partial charge in [0, 0.05) is 9.86 Å². The van der Waals surface area contributed by atoms with Gasteiger partial charge >= 0.3 is 0 Å². The smallest absolute Gasteiger partial charge is 0.0995 e. The number of H-pyrrole nitrogens is 1. The average Bonchev–Trinajstić information content (AvgIpc) is 2.69. The molecule has 0 atom stereocenters. The van der Waals surface area contributed by atoms with Crippen molar-refractivity contribution in [2.45, 2.75) is 6.92 Å². The van der Waals surface area contributed by atoms with Crippen LogP contribution >= 0.6 is 15.9 Å². The number of pyridine rings is 1. The molecule has 0 saturated carbocycles. The molecule has 0 aliphatic carbocycles. The summed E-state index contributed by atoms with van der Waals surface area (Å²) in [5, 5.41) is 1.08. The van der Waals surface area contributed by atoms with Gasteiger partial charge in [-0.2, -0.15) is 0 Å². The number of imidazole rings is 1. The Bertz CT molecular complexity index is 657. The molecule has 0 aliphatic rings. The van der Waals surface area contributed by atoms with E-state index in [4.69, 9.17) is 0 Å². The number of fused-ring (bicyclic) bond motifs is 3. The number of aryl methyl sites for hydroxylation is 1. The molecular formula is C11H8BrN3. The number of nitrogens with zero attached hydrogens (tertiary/aromatic N) is 2. The minimum atomic E-state index is 0.982. The van der Waals surface area contributed by atoms with Crippen molar-refractivity contribution in [2.75, 3.05) is 0 Å². The molecular weight excluding hydrogens is 254 g/mol. The fraction of sp³-hybridized carbons (Fsp3) is 0.0909. The van der Waals surface area contributed by atoms with Crippen LogP contribution in [-0.4, -0.2) is 15.0 Å². The highest BCUT2D eigenvalue weighted by Crippen LogP contribution is 2.25. The second-order valence-electron chi connectivity index (χ2n) is 3.48. The Kier molecular flexibility index (Phi) is 1.79. The number of hydrogen-bond acceptors (Lipinski definition) is 2. The van der Waals surface area contributed by atoms with E-state index in [1.54, 1.807) is 6.33 Å². The van der Waals surface area contributed by atoms with Crippen LogP contribution in [0.2, 0.25) is 0 Å². The molecule has 1 N–H and O–H groups in total. The van der Waals surface area contributed by atoms with E-state index in [1.165, 1.54) is 0 Å². The first-order chi connectivity index (χ1) is 7.25. The maximum absolute atomic E-state index is 4.53. The predicted molar refractivity (Wildman–Crippen MR) is 63.8 cm³/mol. The summed E-state index contributed by atoms with van der Waals surface area (Å²) in [5.74, 6) is 0. The number of aromatic amines is 1. The van der Waals surface area contributed by atoms with Crippen molar-refractivity contribution >= 4 is 37.9 Å². The van der Waals surface area contributed by atoms with Crippen LogP contribution in [0.5, 0.6) is 0 Å². The lowest BCUT2D eigenvalue weighted by molar-refractivity contribution is 1.26. The number of nitrogens with one attached hydrogen (secondary N) is 1. The molecule has 74 valence electrons. The van der Waals surface area contributed by atoms with Gasteiger partial charge in [0.2, 0.25) is 0 Å². The molecule has 0 spiro atoms. The molecule has 0 amide bonds. The number of hydrogen-bond donors (Lipinski definition) is 1. The zero-order valence-corrected chi connectivity index (χ0v) is 9.67. The van der Waals surface area contributed by atoms with Crippen molar-refractivity contribution in [2.24, 2.45) is 0 Å². The standard InChI is InChI=1S/C11H8BrN3/c1-6-10-11(14-5-13-10)8-4-7(12)2-3-9(8)15-6/h2-5H,1H3,(H,13,14). The minimum absolute atomic E-state index is 0.982. The van der Waals surface area contributed by atoms with Gasteiger partial charge in [0.05, 0.1) is 28.6 Å². The molecule has 15 heavy (non-hydrogen) atoms. The Morgan fingerprint density at radius 2 is 2.20 bits per heavy atom. The van der Waals surface area contributed by atoms with Crippen LogP contribution in [0.4, 0.5) is 0 Å². The molecule has 0 fully saturated rings. The van der Waals surface area contributed by atoms with Crippen LogP contribution in [0.15, 0.2) is 29.0 Å². The van der Waals surface area contributed by atoms with E-state index in [-0.39, 0.29) is 0 Å². The maximum Gasteiger partial charge on any atom is 0.0995 e. The van der Waals surface area contributed by atoms with Gasteiger partial charge in [-0.3, -0.25) is 4.98 Å². The first-order valence-electron chi connectivity index (χ1n) is 4.64. The van der Waals surface area contributed by atoms with Gasteiger partial charge in [0.1, 0.15) is 0 Å².